The molecule has 15 heavy (non-hydrogen) atoms. The molecule has 4 heteroatoms. The van der Waals surface area contributed by atoms with E-state index in [1.54, 1.807) is 0 Å². The first kappa shape index (κ1) is 10.2. The highest BCUT2D eigenvalue weighted by molar-refractivity contribution is 7.80. The van der Waals surface area contributed by atoms with E-state index in [0.717, 1.165) is 16.7 Å². The predicted molar refractivity (Wildman–Crippen MR) is 61.2 cm³/mol. The Balaban J connectivity index is 2.62. The van der Waals surface area contributed by atoms with Crippen molar-refractivity contribution in [3.8, 4) is 11.5 Å². The maximum atomic E-state index is 5.31. The van der Waals surface area contributed by atoms with Crippen molar-refractivity contribution in [2.24, 2.45) is 0 Å². The van der Waals surface area contributed by atoms with Gasteiger partial charge in [-0.1, -0.05) is 30.3 Å². The summed E-state index contributed by atoms with van der Waals surface area (Å²) in [6.07, 6.45) is 0. The minimum atomic E-state index is 0.296. The molecule has 0 saturated heterocycles. The third kappa shape index (κ3) is 1.90. The minimum absolute atomic E-state index is 0.296. The fraction of sp³-hybridized carbons (Fsp3) is 0.273. The predicted octanol–water partition coefficient (Wildman–Crippen LogP) is 2.95. The monoisotopic (exact) mass is 220 g/mol. The van der Waals surface area contributed by atoms with Gasteiger partial charge in [0.25, 0.3) is 5.22 Å². The Morgan fingerprint density at radius 3 is 2.13 bits per heavy atom. The van der Waals surface area contributed by atoms with E-state index < -0.39 is 0 Å². The van der Waals surface area contributed by atoms with Crippen molar-refractivity contribution in [2.75, 3.05) is 0 Å². The summed E-state index contributed by atoms with van der Waals surface area (Å²) in [4.78, 5) is 0. The molecule has 0 N–H and O–H groups in total. The summed E-state index contributed by atoms with van der Waals surface area (Å²) in [7, 11) is 0. The summed E-state index contributed by atoms with van der Waals surface area (Å²) in [5, 5.41) is 7.99. The first-order chi connectivity index (χ1) is 7.08. The number of aryl methyl sites for hydroxylation is 3. The van der Waals surface area contributed by atoms with Crippen LogP contribution in [0.4, 0.5) is 0 Å². The van der Waals surface area contributed by atoms with Crippen LogP contribution in [0, 0.1) is 20.8 Å². The molecule has 0 amide bonds. The molecule has 1 heterocycles. The van der Waals surface area contributed by atoms with E-state index in [0.29, 0.717) is 11.1 Å². The van der Waals surface area contributed by atoms with Crippen molar-refractivity contribution < 1.29 is 4.42 Å². The fourth-order valence-corrected chi connectivity index (χ4v) is 1.97. The third-order valence-electron chi connectivity index (χ3n) is 2.31. The molecule has 0 saturated carbocycles. The van der Waals surface area contributed by atoms with E-state index in [9.17, 15) is 0 Å². The zero-order valence-corrected chi connectivity index (χ0v) is 9.80. The Hall–Kier alpha value is -1.29. The molecule has 1 aromatic heterocycles. The van der Waals surface area contributed by atoms with E-state index in [1.165, 1.54) is 5.56 Å². The molecule has 3 nitrogen and oxygen atoms in total. The van der Waals surface area contributed by atoms with Crippen LogP contribution in [0.2, 0.25) is 0 Å². The van der Waals surface area contributed by atoms with Crippen molar-refractivity contribution in [3.63, 3.8) is 0 Å². The van der Waals surface area contributed by atoms with E-state index in [2.05, 4.69) is 41.9 Å². The quantitative estimate of drug-likeness (QED) is 0.751. The molecule has 78 valence electrons. The highest BCUT2D eigenvalue weighted by Gasteiger charge is 2.12. The molecule has 0 unspecified atom stereocenters. The van der Waals surface area contributed by atoms with E-state index in [-0.39, 0.29) is 0 Å². The van der Waals surface area contributed by atoms with Crippen LogP contribution in [-0.4, -0.2) is 10.2 Å². The summed E-state index contributed by atoms with van der Waals surface area (Å²) in [6.45, 7) is 6.15. The lowest BCUT2D eigenvalue weighted by atomic mass is 10.00. The first-order valence-corrected chi connectivity index (χ1v) is 5.13. The molecule has 1 aromatic carbocycles. The Labute approximate surface area is 93.9 Å². The third-order valence-corrected chi connectivity index (χ3v) is 2.49. The maximum absolute atomic E-state index is 5.31. The summed E-state index contributed by atoms with van der Waals surface area (Å²) in [5.41, 5.74) is 4.53. The number of aromatic nitrogens is 2. The average Bonchev–Trinajstić information content (AvgIpc) is 2.49. The highest BCUT2D eigenvalue weighted by atomic mass is 32.1. The fourth-order valence-electron chi connectivity index (χ4n) is 1.83. The highest BCUT2D eigenvalue weighted by Crippen LogP contribution is 2.27. The molecule has 2 rings (SSSR count). The van der Waals surface area contributed by atoms with Gasteiger partial charge in [-0.25, -0.2) is 0 Å². The van der Waals surface area contributed by atoms with Crippen molar-refractivity contribution in [2.45, 2.75) is 26.0 Å². The van der Waals surface area contributed by atoms with Gasteiger partial charge >= 0.3 is 0 Å². The Morgan fingerprint density at radius 2 is 1.67 bits per heavy atom. The van der Waals surface area contributed by atoms with E-state index >= 15 is 0 Å². The second kappa shape index (κ2) is 3.70. The second-order valence-electron chi connectivity index (χ2n) is 3.66. The lowest BCUT2D eigenvalue weighted by Gasteiger charge is -2.06. The van der Waals surface area contributed by atoms with Crippen LogP contribution in [0.3, 0.4) is 0 Å². The molecule has 0 fully saturated rings. The summed E-state index contributed by atoms with van der Waals surface area (Å²) in [6, 6.07) is 4.20. The van der Waals surface area contributed by atoms with Gasteiger partial charge in [-0.05, 0) is 31.9 Å². The second-order valence-corrected chi connectivity index (χ2v) is 4.05. The van der Waals surface area contributed by atoms with Gasteiger partial charge in [0, 0.05) is 5.56 Å². The molecular formula is C11H12N2OS. The van der Waals surface area contributed by atoms with E-state index in [1.807, 2.05) is 13.8 Å². The SMILES string of the molecule is Cc1cc(C)c(-c2nnc(S)o2)c(C)c1. The number of nitrogens with zero attached hydrogens (tertiary/aromatic N) is 2. The van der Waals surface area contributed by atoms with Crippen molar-refractivity contribution >= 4 is 12.6 Å². The standard InChI is InChI=1S/C11H12N2OS/c1-6-4-7(2)9(8(3)5-6)10-12-13-11(15)14-10/h4-5H,1-3H3,(H,13,15). The smallest absolute Gasteiger partial charge is 0.273 e. The number of hydrogen-bond acceptors (Lipinski definition) is 4. The van der Waals surface area contributed by atoms with Crippen LogP contribution < -0.4 is 0 Å². The minimum Gasteiger partial charge on any atom is -0.411 e. The summed E-state index contributed by atoms with van der Waals surface area (Å²) >= 11 is 4.00. The zero-order chi connectivity index (χ0) is 11.0. The molecule has 0 aliphatic heterocycles. The van der Waals surface area contributed by atoms with Crippen LogP contribution in [0.1, 0.15) is 16.7 Å². The largest absolute Gasteiger partial charge is 0.411 e. The van der Waals surface area contributed by atoms with Crippen LogP contribution >= 0.6 is 12.6 Å². The number of thiol groups is 1. The summed E-state index contributed by atoms with van der Waals surface area (Å²) < 4.78 is 5.31. The number of rotatable bonds is 1. The maximum Gasteiger partial charge on any atom is 0.273 e. The Morgan fingerprint density at radius 1 is 1.07 bits per heavy atom. The van der Waals surface area contributed by atoms with Gasteiger partial charge in [-0.15, -0.1) is 10.2 Å². The molecule has 0 spiro atoms. The molecule has 0 radical (unpaired) electrons. The zero-order valence-electron chi connectivity index (χ0n) is 8.90. The van der Waals surface area contributed by atoms with Crippen molar-refractivity contribution in [1.29, 1.82) is 0 Å². The van der Waals surface area contributed by atoms with Gasteiger partial charge < -0.3 is 4.42 Å². The lowest BCUT2D eigenvalue weighted by molar-refractivity contribution is 0.467. The average molecular weight is 220 g/mol. The van der Waals surface area contributed by atoms with Gasteiger partial charge in [0.2, 0.25) is 5.89 Å². The lowest BCUT2D eigenvalue weighted by Crippen LogP contribution is -1.90. The first-order valence-electron chi connectivity index (χ1n) is 4.68. The molecule has 0 aliphatic rings. The van der Waals surface area contributed by atoms with Gasteiger partial charge in [0.05, 0.1) is 0 Å². The molecule has 2 aromatic rings. The van der Waals surface area contributed by atoms with Gasteiger partial charge in [0.15, 0.2) is 0 Å². The van der Waals surface area contributed by atoms with Crippen LogP contribution in [0.25, 0.3) is 11.5 Å². The van der Waals surface area contributed by atoms with E-state index in [4.69, 9.17) is 4.42 Å². The number of hydrogen-bond donors (Lipinski definition) is 1. The van der Waals surface area contributed by atoms with Gasteiger partial charge in [-0.2, -0.15) is 0 Å². The topological polar surface area (TPSA) is 38.9 Å². The Kier molecular flexibility index (Phi) is 2.52. The molecule has 0 aliphatic carbocycles. The van der Waals surface area contributed by atoms with Crippen LogP contribution in [0.15, 0.2) is 21.8 Å². The van der Waals surface area contributed by atoms with Gasteiger partial charge in [0.1, 0.15) is 0 Å². The summed E-state index contributed by atoms with van der Waals surface area (Å²) in [5.74, 6) is 0.537. The van der Waals surface area contributed by atoms with Crippen LogP contribution in [0.5, 0.6) is 0 Å². The van der Waals surface area contributed by atoms with Gasteiger partial charge in [-0.3, -0.25) is 0 Å². The van der Waals surface area contributed by atoms with Crippen molar-refractivity contribution in [3.05, 3.63) is 28.8 Å². The Bertz CT molecular complexity index is 482. The molecular weight excluding hydrogens is 208 g/mol. The van der Waals surface area contributed by atoms with Crippen LogP contribution in [-0.2, 0) is 0 Å². The van der Waals surface area contributed by atoms with Crippen molar-refractivity contribution in [1.82, 2.24) is 10.2 Å². The molecule has 0 bridgehead atoms. The molecule has 0 atom stereocenters. The number of benzene rings is 1. The normalized spacial score (nSPS) is 10.7.